The van der Waals surface area contributed by atoms with Gasteiger partial charge in [0.05, 0.1) is 17.5 Å². The summed E-state index contributed by atoms with van der Waals surface area (Å²) in [6, 6.07) is 8.14. The lowest BCUT2D eigenvalue weighted by molar-refractivity contribution is 0.0792. The van der Waals surface area contributed by atoms with Crippen molar-refractivity contribution in [2.75, 3.05) is 49.1 Å². The Balaban J connectivity index is 1.28. The quantitative estimate of drug-likeness (QED) is 0.708. The fourth-order valence-electron chi connectivity index (χ4n) is 4.24. The van der Waals surface area contributed by atoms with E-state index in [2.05, 4.69) is 40.7 Å². The normalized spacial score (nSPS) is 24.0. The van der Waals surface area contributed by atoms with Gasteiger partial charge in [-0.05, 0) is 18.2 Å². The van der Waals surface area contributed by atoms with Crippen molar-refractivity contribution < 1.29 is 5.11 Å². The molecule has 5 heterocycles. The molecular weight excluding hydrogens is 342 g/mol. The fraction of sp³-hybridized carbons (Fsp3) is 0.421. The highest BCUT2D eigenvalue weighted by Gasteiger charge is 2.38. The molecule has 2 N–H and O–H groups in total. The van der Waals surface area contributed by atoms with Gasteiger partial charge in [-0.3, -0.25) is 4.90 Å². The molecular formula is C19H23N7O. The van der Waals surface area contributed by atoms with Crippen LogP contribution in [0.4, 0.5) is 11.6 Å². The van der Waals surface area contributed by atoms with E-state index in [-0.39, 0.29) is 12.1 Å². The van der Waals surface area contributed by atoms with Crippen molar-refractivity contribution in [3.63, 3.8) is 0 Å². The van der Waals surface area contributed by atoms with Gasteiger partial charge in [0.1, 0.15) is 23.6 Å². The minimum Gasteiger partial charge on any atom is -0.390 e. The second-order valence-electron chi connectivity index (χ2n) is 7.19. The zero-order valence-electron chi connectivity index (χ0n) is 15.1. The molecule has 8 heteroatoms. The van der Waals surface area contributed by atoms with Gasteiger partial charge in [-0.15, -0.1) is 0 Å². The maximum atomic E-state index is 10.7. The van der Waals surface area contributed by atoms with Gasteiger partial charge in [-0.1, -0.05) is 6.07 Å². The number of anilines is 2. The Labute approximate surface area is 157 Å². The molecule has 0 aliphatic carbocycles. The number of aliphatic hydroxyl groups is 1. The average Bonchev–Trinajstić information content (AvgIpc) is 3.35. The zero-order valence-corrected chi connectivity index (χ0v) is 15.1. The van der Waals surface area contributed by atoms with E-state index in [1.807, 2.05) is 30.6 Å². The molecule has 2 saturated heterocycles. The first-order valence-electron chi connectivity index (χ1n) is 9.41. The maximum absolute atomic E-state index is 10.7. The number of hydrogen-bond acceptors (Lipinski definition) is 7. The molecule has 2 aliphatic rings. The molecule has 3 aromatic rings. The third-order valence-corrected chi connectivity index (χ3v) is 5.65. The molecule has 8 nitrogen and oxygen atoms in total. The highest BCUT2D eigenvalue weighted by atomic mass is 16.3. The number of aliphatic hydroxyl groups excluding tert-OH is 1. The van der Waals surface area contributed by atoms with Crippen LogP contribution < -0.4 is 9.80 Å². The molecule has 0 aromatic carbocycles. The Kier molecular flexibility index (Phi) is 4.14. The van der Waals surface area contributed by atoms with Crippen LogP contribution >= 0.6 is 0 Å². The van der Waals surface area contributed by atoms with Crippen molar-refractivity contribution in [2.24, 2.45) is 0 Å². The van der Waals surface area contributed by atoms with E-state index in [1.165, 1.54) is 0 Å². The van der Waals surface area contributed by atoms with Crippen LogP contribution in [-0.2, 0) is 0 Å². The highest BCUT2D eigenvalue weighted by molar-refractivity contribution is 5.87. The number of nitrogens with one attached hydrogen (secondary N) is 1. The van der Waals surface area contributed by atoms with Crippen LogP contribution in [0.2, 0.25) is 0 Å². The summed E-state index contributed by atoms with van der Waals surface area (Å²) in [5.74, 6) is 1.93. The monoisotopic (exact) mass is 365 g/mol. The summed E-state index contributed by atoms with van der Waals surface area (Å²) in [5.41, 5.74) is 0.835. The molecule has 2 fully saturated rings. The van der Waals surface area contributed by atoms with E-state index < -0.39 is 0 Å². The molecule has 0 bridgehead atoms. The zero-order chi connectivity index (χ0) is 18.2. The Morgan fingerprint density at radius 1 is 0.963 bits per heavy atom. The smallest absolute Gasteiger partial charge is 0.142 e. The Hall–Kier alpha value is -2.71. The van der Waals surface area contributed by atoms with E-state index in [1.54, 1.807) is 6.33 Å². The summed E-state index contributed by atoms with van der Waals surface area (Å²) < 4.78 is 0. The van der Waals surface area contributed by atoms with Gasteiger partial charge in [0.2, 0.25) is 0 Å². The van der Waals surface area contributed by atoms with Crippen molar-refractivity contribution in [2.45, 2.75) is 12.1 Å². The third-order valence-electron chi connectivity index (χ3n) is 5.65. The molecule has 3 aromatic heterocycles. The molecule has 2 atom stereocenters. The number of β-amino-alcohol motifs (C(OH)–C–C–N with tert-alkyl or cyclic N) is 1. The summed E-state index contributed by atoms with van der Waals surface area (Å²) in [6.45, 7) is 5.08. The van der Waals surface area contributed by atoms with Crippen LogP contribution in [0.5, 0.6) is 0 Å². The van der Waals surface area contributed by atoms with Crippen molar-refractivity contribution in [3.8, 4) is 0 Å². The number of hydrogen-bond donors (Lipinski definition) is 2. The predicted octanol–water partition coefficient (Wildman–Crippen LogP) is 0.725. The summed E-state index contributed by atoms with van der Waals surface area (Å²) >= 11 is 0. The lowest BCUT2D eigenvalue weighted by Crippen LogP contribution is -2.54. The minimum absolute atomic E-state index is 0.125. The van der Waals surface area contributed by atoms with E-state index in [0.717, 1.165) is 55.4 Å². The largest absolute Gasteiger partial charge is 0.390 e. The van der Waals surface area contributed by atoms with Gasteiger partial charge in [-0.25, -0.2) is 15.0 Å². The van der Waals surface area contributed by atoms with E-state index in [9.17, 15) is 5.11 Å². The number of aromatic amines is 1. The van der Waals surface area contributed by atoms with Gasteiger partial charge in [-0.2, -0.15) is 0 Å². The van der Waals surface area contributed by atoms with Crippen molar-refractivity contribution >= 4 is 22.7 Å². The van der Waals surface area contributed by atoms with Gasteiger partial charge in [0, 0.05) is 51.7 Å². The first-order valence-corrected chi connectivity index (χ1v) is 9.41. The van der Waals surface area contributed by atoms with Gasteiger partial charge >= 0.3 is 0 Å². The molecule has 2 aliphatic heterocycles. The third kappa shape index (κ3) is 3.00. The van der Waals surface area contributed by atoms with Gasteiger partial charge in [0.25, 0.3) is 0 Å². The number of nitrogens with zero attached hydrogens (tertiary/aromatic N) is 6. The summed E-state index contributed by atoms with van der Waals surface area (Å²) in [6.07, 6.45) is 4.92. The van der Waals surface area contributed by atoms with Crippen molar-refractivity contribution in [1.29, 1.82) is 0 Å². The summed E-state index contributed by atoms with van der Waals surface area (Å²) in [7, 11) is 0. The molecule has 27 heavy (non-hydrogen) atoms. The van der Waals surface area contributed by atoms with Gasteiger partial charge in [0.15, 0.2) is 0 Å². The summed E-state index contributed by atoms with van der Waals surface area (Å²) in [5, 5.41) is 11.7. The first kappa shape index (κ1) is 16.5. The number of fused-ring (bicyclic) bond motifs is 1. The molecule has 0 amide bonds. The standard InChI is InChI=1S/C19H23N7O/c27-16-12-26(19-14-4-6-21-18(14)22-13-23-19)11-15(16)24-7-9-25(10-8-24)17-3-1-2-5-20-17/h1-6,13,15-16,27H,7-12H2,(H,21,22,23)/t15-,16-/m0/s1. The fourth-order valence-corrected chi connectivity index (χ4v) is 4.24. The molecule has 140 valence electrons. The SMILES string of the molecule is O[C@H]1CN(c2ncnc3[nH]ccc23)C[C@@H]1N1CCN(c2ccccn2)CC1. The van der Waals surface area contributed by atoms with Gasteiger partial charge < -0.3 is 19.9 Å². The van der Waals surface area contributed by atoms with E-state index >= 15 is 0 Å². The maximum Gasteiger partial charge on any atom is 0.142 e. The predicted molar refractivity (Wildman–Crippen MR) is 104 cm³/mol. The van der Waals surface area contributed by atoms with Crippen molar-refractivity contribution in [1.82, 2.24) is 24.8 Å². The molecule has 0 spiro atoms. The Morgan fingerprint density at radius 3 is 2.67 bits per heavy atom. The lowest BCUT2D eigenvalue weighted by Gasteiger charge is -2.39. The second-order valence-corrected chi connectivity index (χ2v) is 7.19. The van der Waals surface area contributed by atoms with E-state index in [4.69, 9.17) is 0 Å². The number of aromatic nitrogens is 4. The van der Waals surface area contributed by atoms with Crippen LogP contribution in [-0.4, -0.2) is 81.4 Å². The van der Waals surface area contributed by atoms with Crippen LogP contribution in [0.3, 0.4) is 0 Å². The molecule has 0 unspecified atom stereocenters. The van der Waals surface area contributed by atoms with Crippen LogP contribution in [0.15, 0.2) is 43.0 Å². The molecule has 0 saturated carbocycles. The number of rotatable bonds is 3. The number of H-pyrrole nitrogens is 1. The van der Waals surface area contributed by atoms with Crippen LogP contribution in [0.25, 0.3) is 11.0 Å². The number of pyridine rings is 1. The van der Waals surface area contributed by atoms with E-state index in [0.29, 0.717) is 6.54 Å². The highest BCUT2D eigenvalue weighted by Crippen LogP contribution is 2.28. The topological polar surface area (TPSA) is 84.4 Å². The van der Waals surface area contributed by atoms with Crippen LogP contribution in [0, 0.1) is 0 Å². The molecule has 0 radical (unpaired) electrons. The lowest BCUT2D eigenvalue weighted by atomic mass is 10.1. The Bertz CT molecular complexity index is 907. The molecule has 5 rings (SSSR count). The Morgan fingerprint density at radius 2 is 1.85 bits per heavy atom. The first-order chi connectivity index (χ1) is 13.3. The van der Waals surface area contributed by atoms with Crippen molar-refractivity contribution in [3.05, 3.63) is 43.0 Å². The number of piperazine rings is 1. The average molecular weight is 365 g/mol. The second kappa shape index (κ2) is 6.79. The minimum atomic E-state index is -0.379. The summed E-state index contributed by atoms with van der Waals surface area (Å²) in [4.78, 5) is 23.2. The van der Waals surface area contributed by atoms with Crippen LogP contribution in [0.1, 0.15) is 0 Å².